The summed E-state index contributed by atoms with van der Waals surface area (Å²) in [4.78, 5) is 12.9. The Bertz CT molecular complexity index is 1150. The molecule has 0 aromatic rings. The van der Waals surface area contributed by atoms with Crippen LogP contribution in [0.5, 0.6) is 0 Å². The second-order valence-electron chi connectivity index (χ2n) is 14.2. The van der Waals surface area contributed by atoms with Crippen molar-refractivity contribution in [1.82, 2.24) is 0 Å². The van der Waals surface area contributed by atoms with Crippen LogP contribution in [0.3, 0.4) is 0 Å². The summed E-state index contributed by atoms with van der Waals surface area (Å²) in [5, 5.41) is 31.0. The molecule has 0 bridgehead atoms. The zero-order chi connectivity index (χ0) is 28.2. The van der Waals surface area contributed by atoms with E-state index in [1.54, 1.807) is 0 Å². The number of allylic oxidation sites excluding steroid dienone is 5. The van der Waals surface area contributed by atoms with E-state index in [-0.39, 0.29) is 17.4 Å². The molecule has 39 heavy (non-hydrogen) atoms. The first kappa shape index (κ1) is 28.5. The lowest BCUT2D eigenvalue weighted by molar-refractivity contribution is -0.121. The second kappa shape index (κ2) is 10.4. The Kier molecular flexibility index (Phi) is 7.63. The second-order valence-corrected chi connectivity index (χ2v) is 14.2. The van der Waals surface area contributed by atoms with E-state index in [1.165, 1.54) is 24.8 Å². The van der Waals surface area contributed by atoms with Crippen LogP contribution in [0.15, 0.2) is 47.1 Å². The minimum atomic E-state index is -0.975. The summed E-state index contributed by atoms with van der Waals surface area (Å²) in [5.41, 5.74) is 3.57. The van der Waals surface area contributed by atoms with Gasteiger partial charge in [-0.15, -0.1) is 0 Å². The third-order valence-electron chi connectivity index (χ3n) is 11.1. The molecule has 0 aromatic heterocycles. The van der Waals surface area contributed by atoms with E-state index in [0.717, 1.165) is 49.7 Å². The van der Waals surface area contributed by atoms with Crippen LogP contribution in [0, 0.1) is 45.3 Å². The zero-order valence-electron chi connectivity index (χ0n) is 24.3. The van der Waals surface area contributed by atoms with Crippen molar-refractivity contribution >= 4 is 5.78 Å². The molecule has 212 valence electrons. The van der Waals surface area contributed by atoms with Gasteiger partial charge in [-0.05, 0) is 97.7 Å². The number of aliphatic hydroxyl groups excluding tert-OH is 2. The highest BCUT2D eigenvalue weighted by atomic mass is 16.5. The maximum atomic E-state index is 12.9. The normalized spacial score (nSPS) is 41.2. The minimum Gasteiger partial charge on any atom is -0.390 e. The van der Waals surface area contributed by atoms with Gasteiger partial charge in [-0.25, -0.2) is 0 Å². The molecule has 0 heterocycles. The number of carbonyl (C=O) groups is 1. The van der Waals surface area contributed by atoms with Crippen LogP contribution in [0.1, 0.15) is 91.9 Å². The van der Waals surface area contributed by atoms with Gasteiger partial charge in [0.2, 0.25) is 0 Å². The van der Waals surface area contributed by atoms with Crippen LogP contribution >= 0.6 is 0 Å². The van der Waals surface area contributed by atoms with Gasteiger partial charge in [0.1, 0.15) is 12.2 Å². The van der Waals surface area contributed by atoms with Crippen molar-refractivity contribution in [3.05, 3.63) is 47.1 Å². The van der Waals surface area contributed by atoms with Gasteiger partial charge in [-0.3, -0.25) is 4.79 Å². The van der Waals surface area contributed by atoms with Gasteiger partial charge in [-0.2, -0.15) is 5.26 Å². The number of aliphatic hydroxyl groups is 2. The van der Waals surface area contributed by atoms with Crippen molar-refractivity contribution in [3.63, 3.8) is 0 Å². The van der Waals surface area contributed by atoms with Gasteiger partial charge >= 0.3 is 0 Å². The number of hydrogen-bond acceptors (Lipinski definition) is 5. The number of ether oxygens (including phenoxy) is 1. The summed E-state index contributed by atoms with van der Waals surface area (Å²) in [5.74, 6) is 1.82. The Hall–Kier alpha value is -2.00. The molecule has 0 amide bonds. The predicted molar refractivity (Wildman–Crippen MR) is 152 cm³/mol. The lowest BCUT2D eigenvalue weighted by Gasteiger charge is -2.44. The molecule has 0 saturated heterocycles. The smallest absolute Gasteiger partial charge is 0.164 e. The van der Waals surface area contributed by atoms with Crippen LogP contribution < -0.4 is 0 Å². The van der Waals surface area contributed by atoms with Crippen molar-refractivity contribution in [2.75, 3.05) is 6.61 Å². The molecule has 5 rings (SSSR count). The highest BCUT2D eigenvalue weighted by Crippen LogP contribution is 2.60. The van der Waals surface area contributed by atoms with Crippen molar-refractivity contribution < 1.29 is 19.7 Å². The number of hydrogen-bond donors (Lipinski definition) is 2. The summed E-state index contributed by atoms with van der Waals surface area (Å²) in [6.45, 7) is 13.3. The molecule has 0 radical (unpaired) electrons. The Balaban J connectivity index is 1.28. The van der Waals surface area contributed by atoms with Gasteiger partial charge in [0, 0.05) is 11.8 Å². The van der Waals surface area contributed by atoms with E-state index in [0.29, 0.717) is 35.5 Å². The summed E-state index contributed by atoms with van der Waals surface area (Å²) in [6, 6.07) is 2.30. The Labute approximate surface area is 234 Å². The Morgan fingerprint density at radius 2 is 1.85 bits per heavy atom. The zero-order valence-corrected chi connectivity index (χ0v) is 24.3. The van der Waals surface area contributed by atoms with Crippen LogP contribution in [-0.2, 0) is 9.53 Å². The predicted octanol–water partition coefficient (Wildman–Crippen LogP) is 6.38. The molecule has 5 saturated carbocycles. The maximum absolute atomic E-state index is 12.9. The SMILES string of the molecule is C=C1/C(=C\C=C2/CCC[C@]3(C)[C@@H]([C@H](C)/C=C4\CCC(C)(C)C4=O)CC[C@@H]23)C[C@@H](O)[C@H](OCC2(C#N)CC2)[C@@H]1O. The molecule has 5 aliphatic carbocycles. The molecule has 0 aromatic carbocycles. The van der Waals surface area contributed by atoms with Crippen molar-refractivity contribution in [2.45, 2.75) is 110 Å². The lowest BCUT2D eigenvalue weighted by atomic mass is 9.61. The van der Waals surface area contributed by atoms with E-state index in [2.05, 4.69) is 58.6 Å². The van der Waals surface area contributed by atoms with E-state index < -0.39 is 23.7 Å². The van der Waals surface area contributed by atoms with Crippen molar-refractivity contribution in [1.29, 1.82) is 5.26 Å². The number of ketones is 1. The number of nitrogens with zero attached hydrogens (tertiary/aromatic N) is 1. The van der Waals surface area contributed by atoms with Crippen LogP contribution in [0.4, 0.5) is 0 Å². The first-order valence-electron chi connectivity index (χ1n) is 15.1. The number of rotatable bonds is 6. The molecule has 5 nitrogen and oxygen atoms in total. The summed E-state index contributed by atoms with van der Waals surface area (Å²) >= 11 is 0. The minimum absolute atomic E-state index is 0.214. The first-order chi connectivity index (χ1) is 18.4. The number of fused-ring (bicyclic) bond motifs is 1. The summed E-state index contributed by atoms with van der Waals surface area (Å²) in [6.07, 6.45) is 13.8. The average Bonchev–Trinajstić information content (AvgIpc) is 3.52. The molecule has 2 N–H and O–H groups in total. The maximum Gasteiger partial charge on any atom is 0.164 e. The van der Waals surface area contributed by atoms with E-state index in [4.69, 9.17) is 4.74 Å². The third-order valence-corrected chi connectivity index (χ3v) is 11.1. The number of Topliss-reactive ketones (excluding diaryl/α,β-unsaturated/α-hetero) is 1. The molecule has 0 spiro atoms. The lowest BCUT2D eigenvalue weighted by Crippen LogP contribution is -2.46. The number of nitriles is 1. The monoisotopic (exact) mass is 533 g/mol. The fraction of sp³-hybridized carbons (Fsp3) is 0.706. The molecular formula is C34H47NO4. The van der Waals surface area contributed by atoms with Crippen LogP contribution in [0.2, 0.25) is 0 Å². The Morgan fingerprint density at radius 1 is 1.10 bits per heavy atom. The van der Waals surface area contributed by atoms with Gasteiger partial charge in [0.05, 0.1) is 24.2 Å². The van der Waals surface area contributed by atoms with Crippen LogP contribution in [0.25, 0.3) is 0 Å². The van der Waals surface area contributed by atoms with Gasteiger partial charge in [-0.1, -0.05) is 58.1 Å². The molecule has 0 unspecified atom stereocenters. The summed E-state index contributed by atoms with van der Waals surface area (Å²) < 4.78 is 5.86. The largest absolute Gasteiger partial charge is 0.390 e. The molecule has 5 fully saturated rings. The standard InChI is InChI=1S/C34H47NO4/c1-21(17-25-12-14-32(3,4)31(25)38)26-10-11-27-23(7-6-13-33(26,27)5)8-9-24-18-28(36)30(29(37)22(24)2)39-20-34(19-35)15-16-34/h8-9,17,21,26-30,36-37H,2,6-7,10-16,18,20H2,1,3-5H3/b23-8+,24-9-,25-17+/t21-,26-,27+,28-,29-,30+,33-/m1/s1. The third kappa shape index (κ3) is 5.25. The average molecular weight is 534 g/mol. The molecule has 5 heteroatoms. The van der Waals surface area contributed by atoms with E-state index in [1.807, 2.05) is 0 Å². The van der Waals surface area contributed by atoms with Gasteiger partial charge in [0.25, 0.3) is 0 Å². The highest BCUT2D eigenvalue weighted by molar-refractivity contribution is 6.01. The van der Waals surface area contributed by atoms with Crippen LogP contribution in [-0.4, -0.2) is 40.9 Å². The summed E-state index contributed by atoms with van der Waals surface area (Å²) in [7, 11) is 0. The molecule has 7 atom stereocenters. The molecule has 5 aliphatic rings. The first-order valence-corrected chi connectivity index (χ1v) is 15.1. The van der Waals surface area contributed by atoms with Crippen molar-refractivity contribution in [2.24, 2.45) is 34.0 Å². The van der Waals surface area contributed by atoms with E-state index >= 15 is 0 Å². The number of carbonyl (C=O) groups excluding carboxylic acids is 1. The molecular weight excluding hydrogens is 486 g/mol. The van der Waals surface area contributed by atoms with Crippen molar-refractivity contribution in [3.8, 4) is 6.07 Å². The topological polar surface area (TPSA) is 90.5 Å². The highest BCUT2D eigenvalue weighted by Gasteiger charge is 2.51. The Morgan fingerprint density at radius 3 is 2.49 bits per heavy atom. The van der Waals surface area contributed by atoms with Gasteiger partial charge in [0.15, 0.2) is 5.78 Å². The van der Waals surface area contributed by atoms with E-state index in [9.17, 15) is 20.3 Å². The fourth-order valence-electron chi connectivity index (χ4n) is 8.20. The van der Waals surface area contributed by atoms with Gasteiger partial charge < -0.3 is 14.9 Å². The quantitative estimate of drug-likeness (QED) is 0.387. The molecule has 0 aliphatic heterocycles. The fourth-order valence-corrected chi connectivity index (χ4v) is 8.20.